The first kappa shape index (κ1) is 24.0. The van der Waals surface area contributed by atoms with Crippen LogP contribution in [0.2, 0.25) is 0 Å². The van der Waals surface area contributed by atoms with Crippen LogP contribution < -0.4 is 16.1 Å². The van der Waals surface area contributed by atoms with Crippen LogP contribution in [0.4, 0.5) is 18.9 Å². The van der Waals surface area contributed by atoms with Crippen molar-refractivity contribution in [1.29, 1.82) is 0 Å². The number of halogens is 3. The van der Waals surface area contributed by atoms with E-state index in [9.17, 15) is 13.2 Å². The summed E-state index contributed by atoms with van der Waals surface area (Å²) >= 11 is 4.63. The lowest BCUT2D eigenvalue weighted by molar-refractivity contribution is 0.147. The van der Waals surface area contributed by atoms with Crippen LogP contribution in [-0.4, -0.2) is 41.9 Å². The van der Waals surface area contributed by atoms with Crippen LogP contribution in [0.5, 0.6) is 0 Å². The van der Waals surface area contributed by atoms with Gasteiger partial charge < -0.3 is 10.6 Å². The van der Waals surface area contributed by atoms with E-state index >= 15 is 0 Å². The molecule has 5 nitrogen and oxygen atoms in total. The first-order valence-electron chi connectivity index (χ1n) is 10.5. The number of benzene rings is 2. The molecular formula is C23H28F3N5S. The maximum absolute atomic E-state index is 14.9. The molecule has 1 saturated heterocycles. The molecule has 0 aliphatic carbocycles. The van der Waals surface area contributed by atoms with Crippen molar-refractivity contribution in [3.05, 3.63) is 65.0 Å². The Balaban J connectivity index is 1.76. The van der Waals surface area contributed by atoms with Gasteiger partial charge >= 0.3 is 0 Å². The minimum Gasteiger partial charge on any atom is -0.375 e. The highest BCUT2D eigenvalue weighted by molar-refractivity contribution is 7.80. The largest absolute Gasteiger partial charge is 0.375 e. The van der Waals surface area contributed by atoms with Gasteiger partial charge in [0.1, 0.15) is 17.5 Å². The molecule has 2 aromatic rings. The number of hydrogen-bond donors (Lipinski definition) is 2. The van der Waals surface area contributed by atoms with E-state index in [1.165, 1.54) is 18.2 Å². The molecule has 1 aliphatic rings. The van der Waals surface area contributed by atoms with Crippen molar-refractivity contribution in [1.82, 2.24) is 10.3 Å². The molecule has 0 spiro atoms. The molecule has 0 unspecified atom stereocenters. The van der Waals surface area contributed by atoms with Crippen molar-refractivity contribution in [3.8, 4) is 0 Å². The summed E-state index contributed by atoms with van der Waals surface area (Å²) in [6.45, 7) is 6.80. The SMILES string of the molecule is CC(C)C[C@H]1CN(c2cc(F)c(C=NNC(N)=S)cc2F)CCN1Cc1ccc(F)cc1. The Morgan fingerprint density at radius 1 is 1.19 bits per heavy atom. The summed E-state index contributed by atoms with van der Waals surface area (Å²) < 4.78 is 42.7. The van der Waals surface area contributed by atoms with Crippen LogP contribution in [0.25, 0.3) is 0 Å². The van der Waals surface area contributed by atoms with Gasteiger partial charge in [0, 0.05) is 43.9 Å². The molecule has 0 amide bonds. The van der Waals surface area contributed by atoms with Crippen molar-refractivity contribution in [2.45, 2.75) is 32.9 Å². The Bertz CT molecular complexity index is 965. The summed E-state index contributed by atoms with van der Waals surface area (Å²) in [6, 6.07) is 8.99. The van der Waals surface area contributed by atoms with Crippen LogP contribution in [0.15, 0.2) is 41.5 Å². The molecular weight excluding hydrogens is 435 g/mol. The molecule has 0 bridgehead atoms. The van der Waals surface area contributed by atoms with Gasteiger partial charge in [-0.3, -0.25) is 10.3 Å². The number of thiocarbonyl (C=S) groups is 1. The van der Waals surface area contributed by atoms with E-state index in [1.807, 2.05) is 4.90 Å². The van der Waals surface area contributed by atoms with Gasteiger partial charge in [-0.2, -0.15) is 5.10 Å². The molecule has 0 radical (unpaired) electrons. The van der Waals surface area contributed by atoms with Crippen LogP contribution in [0.3, 0.4) is 0 Å². The first-order chi connectivity index (χ1) is 15.2. The molecule has 172 valence electrons. The summed E-state index contributed by atoms with van der Waals surface area (Å²) in [5, 5.41) is 3.63. The third-order valence-corrected chi connectivity index (χ3v) is 5.52. The van der Waals surface area contributed by atoms with E-state index in [-0.39, 0.29) is 28.2 Å². The number of rotatable bonds is 7. The van der Waals surface area contributed by atoms with Gasteiger partial charge in [0.05, 0.1) is 11.9 Å². The molecule has 0 saturated carbocycles. The summed E-state index contributed by atoms with van der Waals surface area (Å²) in [5.41, 5.74) is 8.86. The smallest absolute Gasteiger partial charge is 0.184 e. The zero-order valence-electron chi connectivity index (χ0n) is 18.2. The van der Waals surface area contributed by atoms with Crippen molar-refractivity contribution in [3.63, 3.8) is 0 Å². The molecule has 1 heterocycles. The number of nitrogens with zero attached hydrogens (tertiary/aromatic N) is 3. The molecule has 2 aromatic carbocycles. The summed E-state index contributed by atoms with van der Waals surface area (Å²) in [6.07, 6.45) is 2.06. The van der Waals surface area contributed by atoms with E-state index in [1.54, 1.807) is 12.1 Å². The predicted molar refractivity (Wildman–Crippen MR) is 126 cm³/mol. The van der Waals surface area contributed by atoms with Gasteiger partial charge in [0.15, 0.2) is 5.11 Å². The normalized spacial score (nSPS) is 17.3. The molecule has 1 aliphatic heterocycles. The Kier molecular flexibility index (Phi) is 8.09. The van der Waals surface area contributed by atoms with Crippen LogP contribution in [-0.2, 0) is 6.54 Å². The summed E-state index contributed by atoms with van der Waals surface area (Å²) in [5.74, 6) is -0.913. The van der Waals surface area contributed by atoms with Gasteiger partial charge in [-0.1, -0.05) is 26.0 Å². The Morgan fingerprint density at radius 3 is 2.56 bits per heavy atom. The van der Waals surface area contributed by atoms with Crippen molar-refractivity contribution in [2.75, 3.05) is 24.5 Å². The Morgan fingerprint density at radius 2 is 1.91 bits per heavy atom. The molecule has 0 aromatic heterocycles. The second kappa shape index (κ2) is 10.8. The first-order valence-corrected chi connectivity index (χ1v) is 10.9. The number of hydrazone groups is 1. The van der Waals surface area contributed by atoms with Crippen LogP contribution in [0.1, 0.15) is 31.4 Å². The topological polar surface area (TPSA) is 56.9 Å². The third kappa shape index (κ3) is 6.43. The number of nitrogens with two attached hydrogens (primary N) is 1. The lowest BCUT2D eigenvalue weighted by Gasteiger charge is -2.43. The highest BCUT2D eigenvalue weighted by atomic mass is 32.1. The summed E-state index contributed by atoms with van der Waals surface area (Å²) in [4.78, 5) is 4.22. The minimum absolute atomic E-state index is 0.00340. The van der Waals surface area contributed by atoms with E-state index in [2.05, 4.69) is 41.5 Å². The molecule has 32 heavy (non-hydrogen) atoms. The number of nitrogens with one attached hydrogen (secondary N) is 1. The minimum atomic E-state index is -0.580. The second-order valence-electron chi connectivity index (χ2n) is 8.39. The Labute approximate surface area is 192 Å². The number of hydrogen-bond acceptors (Lipinski definition) is 4. The fourth-order valence-corrected chi connectivity index (χ4v) is 4.02. The fraction of sp³-hybridized carbons (Fsp3) is 0.391. The lowest BCUT2D eigenvalue weighted by Crippen LogP contribution is -2.53. The molecule has 1 fully saturated rings. The zero-order valence-corrected chi connectivity index (χ0v) is 19.0. The van der Waals surface area contributed by atoms with Gasteiger partial charge in [-0.15, -0.1) is 0 Å². The van der Waals surface area contributed by atoms with Crippen molar-refractivity contribution in [2.24, 2.45) is 16.8 Å². The van der Waals surface area contributed by atoms with Crippen molar-refractivity contribution >= 4 is 29.2 Å². The fourth-order valence-electron chi connectivity index (χ4n) is 3.97. The van der Waals surface area contributed by atoms with Crippen molar-refractivity contribution < 1.29 is 13.2 Å². The maximum Gasteiger partial charge on any atom is 0.184 e. The lowest BCUT2D eigenvalue weighted by atomic mass is 9.98. The van der Waals surface area contributed by atoms with Gasteiger partial charge in [-0.25, -0.2) is 13.2 Å². The second-order valence-corrected chi connectivity index (χ2v) is 8.83. The molecule has 1 atom stereocenters. The molecule has 9 heteroatoms. The molecule has 3 rings (SSSR count). The summed E-state index contributed by atoms with van der Waals surface area (Å²) in [7, 11) is 0. The Hall–Kier alpha value is -2.65. The van der Waals surface area contributed by atoms with E-state index in [0.717, 1.165) is 24.3 Å². The third-order valence-electron chi connectivity index (χ3n) is 5.43. The van der Waals surface area contributed by atoms with Crippen LogP contribution in [0, 0.1) is 23.4 Å². The highest BCUT2D eigenvalue weighted by Crippen LogP contribution is 2.28. The van der Waals surface area contributed by atoms with Gasteiger partial charge in [0.2, 0.25) is 0 Å². The molecule has 3 N–H and O–H groups in total. The monoisotopic (exact) mass is 463 g/mol. The van der Waals surface area contributed by atoms with Crippen LogP contribution >= 0.6 is 12.2 Å². The number of piperazine rings is 1. The standard InChI is InChI=1S/C23H28F3N5S/c1-15(2)9-19-14-31(8-7-30(19)13-16-3-5-18(24)6-4-16)22-11-20(25)17(10-21(22)26)12-28-29-23(27)32/h3-6,10-12,15,19H,7-9,13-14H2,1-2H3,(H3,27,29,32)/t19-/m0/s1. The maximum atomic E-state index is 14.9. The predicted octanol–water partition coefficient (Wildman–Crippen LogP) is 4.01. The van der Waals surface area contributed by atoms with E-state index in [4.69, 9.17) is 5.73 Å². The van der Waals surface area contributed by atoms with E-state index < -0.39 is 11.6 Å². The van der Waals surface area contributed by atoms with Gasteiger partial charge in [-0.05, 0) is 48.3 Å². The quantitative estimate of drug-likeness (QED) is 0.369. The van der Waals surface area contributed by atoms with Gasteiger partial charge in [0.25, 0.3) is 0 Å². The highest BCUT2D eigenvalue weighted by Gasteiger charge is 2.29. The zero-order chi connectivity index (χ0) is 23.3. The average Bonchev–Trinajstić information content (AvgIpc) is 2.72. The average molecular weight is 464 g/mol. The number of anilines is 1. The van der Waals surface area contributed by atoms with E-state index in [0.29, 0.717) is 32.1 Å².